The number of carbonyl (C=O) groups is 1. The molecule has 18 heavy (non-hydrogen) atoms. The highest BCUT2D eigenvalue weighted by Crippen LogP contribution is 2.22. The van der Waals surface area contributed by atoms with Crippen molar-refractivity contribution in [3.8, 4) is 0 Å². The molecule has 0 radical (unpaired) electrons. The Bertz CT molecular complexity index is 414. The molecule has 1 fully saturated rings. The van der Waals surface area contributed by atoms with Crippen LogP contribution in [0.15, 0.2) is 6.07 Å². The Morgan fingerprint density at radius 2 is 2.33 bits per heavy atom. The number of nitrogens with one attached hydrogen (secondary N) is 2. The van der Waals surface area contributed by atoms with Crippen LogP contribution in [0, 0.1) is 5.92 Å². The van der Waals surface area contributed by atoms with Crippen molar-refractivity contribution in [3.63, 3.8) is 0 Å². The van der Waals surface area contributed by atoms with E-state index in [1.54, 1.807) is 0 Å². The molecule has 2 N–H and O–H groups in total. The van der Waals surface area contributed by atoms with E-state index in [0.717, 1.165) is 25.1 Å². The largest absolute Gasteiger partial charge is 0.381 e. The van der Waals surface area contributed by atoms with Crippen molar-refractivity contribution in [2.75, 3.05) is 18.5 Å². The molecule has 0 aromatic carbocycles. The van der Waals surface area contributed by atoms with Gasteiger partial charge >= 0.3 is 0 Å². The summed E-state index contributed by atoms with van der Waals surface area (Å²) in [6.07, 6.45) is 1.84. The molecular weight excluding hydrogens is 230 g/mol. The van der Waals surface area contributed by atoms with Crippen LogP contribution < -0.4 is 5.32 Å². The van der Waals surface area contributed by atoms with E-state index in [4.69, 9.17) is 4.74 Å². The smallest absolute Gasteiger partial charge is 0.231 e. The van der Waals surface area contributed by atoms with Gasteiger partial charge in [0.2, 0.25) is 5.91 Å². The molecular formula is C13H21N3O2. The molecule has 5 heteroatoms. The normalized spacial score (nSPS) is 20.7. The lowest BCUT2D eigenvalue weighted by molar-refractivity contribution is -0.123. The lowest BCUT2D eigenvalue weighted by Crippen LogP contribution is -2.30. The van der Waals surface area contributed by atoms with Gasteiger partial charge in [0.25, 0.3) is 0 Å². The fraction of sp³-hybridized carbons (Fsp3) is 0.692. The molecule has 1 aromatic heterocycles. The summed E-state index contributed by atoms with van der Waals surface area (Å²) in [4.78, 5) is 12.0. The van der Waals surface area contributed by atoms with Gasteiger partial charge in [0.15, 0.2) is 5.82 Å². The fourth-order valence-electron chi connectivity index (χ4n) is 1.95. The zero-order valence-electron chi connectivity index (χ0n) is 11.2. The monoisotopic (exact) mass is 251 g/mol. The van der Waals surface area contributed by atoms with Gasteiger partial charge in [-0.25, -0.2) is 0 Å². The first kappa shape index (κ1) is 13.1. The van der Waals surface area contributed by atoms with Gasteiger partial charge in [-0.2, -0.15) is 5.10 Å². The van der Waals surface area contributed by atoms with Gasteiger partial charge < -0.3 is 10.1 Å². The van der Waals surface area contributed by atoms with Gasteiger partial charge in [-0.05, 0) is 12.8 Å². The molecule has 100 valence electrons. The third-order valence-corrected chi connectivity index (χ3v) is 3.17. The first-order valence-electron chi connectivity index (χ1n) is 6.41. The second-order valence-electron chi connectivity index (χ2n) is 5.82. The van der Waals surface area contributed by atoms with Crippen LogP contribution >= 0.6 is 0 Å². The molecule has 0 spiro atoms. The Morgan fingerprint density at radius 3 is 2.89 bits per heavy atom. The molecule has 1 aromatic rings. The summed E-state index contributed by atoms with van der Waals surface area (Å²) in [5.41, 5.74) is 1.02. The average molecular weight is 251 g/mol. The van der Waals surface area contributed by atoms with E-state index >= 15 is 0 Å². The van der Waals surface area contributed by atoms with Crippen molar-refractivity contribution in [2.24, 2.45) is 5.92 Å². The van der Waals surface area contributed by atoms with Crippen molar-refractivity contribution in [2.45, 2.75) is 39.0 Å². The van der Waals surface area contributed by atoms with Gasteiger partial charge in [0.05, 0.1) is 12.5 Å². The summed E-state index contributed by atoms with van der Waals surface area (Å²) in [6.45, 7) is 7.58. The molecule has 1 aliphatic heterocycles. The van der Waals surface area contributed by atoms with Crippen molar-refractivity contribution >= 4 is 11.7 Å². The number of nitrogens with zero attached hydrogens (tertiary/aromatic N) is 1. The minimum absolute atomic E-state index is 0.00154. The molecule has 1 saturated heterocycles. The van der Waals surface area contributed by atoms with E-state index < -0.39 is 0 Å². The first-order valence-corrected chi connectivity index (χ1v) is 6.41. The number of hydrogen-bond donors (Lipinski definition) is 2. The summed E-state index contributed by atoms with van der Waals surface area (Å²) in [5.74, 6) is 0.547. The second kappa shape index (κ2) is 5.10. The average Bonchev–Trinajstić information content (AvgIpc) is 2.78. The van der Waals surface area contributed by atoms with Crippen LogP contribution in [0.3, 0.4) is 0 Å². The SMILES string of the molecule is CC(C)(C)c1cc(NC(=O)C2CCCOC2)n[nH]1. The Labute approximate surface area is 107 Å². The van der Waals surface area contributed by atoms with Crippen LogP contribution in [-0.2, 0) is 14.9 Å². The molecule has 5 nitrogen and oxygen atoms in total. The number of amides is 1. The van der Waals surface area contributed by atoms with Crippen LogP contribution in [0.4, 0.5) is 5.82 Å². The topological polar surface area (TPSA) is 67.0 Å². The number of H-pyrrole nitrogens is 1. The molecule has 0 saturated carbocycles. The molecule has 2 heterocycles. The minimum Gasteiger partial charge on any atom is -0.381 e. The molecule has 1 unspecified atom stereocenters. The van der Waals surface area contributed by atoms with Gasteiger partial charge in [0, 0.05) is 23.8 Å². The van der Waals surface area contributed by atoms with Gasteiger partial charge in [-0.1, -0.05) is 20.8 Å². The van der Waals surface area contributed by atoms with E-state index in [9.17, 15) is 4.79 Å². The lowest BCUT2D eigenvalue weighted by atomic mass is 9.92. The van der Waals surface area contributed by atoms with Crippen LogP contribution in [0.5, 0.6) is 0 Å². The number of aromatic nitrogens is 2. The van der Waals surface area contributed by atoms with Crippen molar-refractivity contribution < 1.29 is 9.53 Å². The Kier molecular flexibility index (Phi) is 3.71. The minimum atomic E-state index is -0.0477. The zero-order chi connectivity index (χ0) is 13.2. The number of anilines is 1. The number of hydrogen-bond acceptors (Lipinski definition) is 3. The Balaban J connectivity index is 1.96. The Hall–Kier alpha value is -1.36. The molecule has 0 aliphatic carbocycles. The van der Waals surface area contributed by atoms with E-state index in [0.29, 0.717) is 12.4 Å². The van der Waals surface area contributed by atoms with Gasteiger partial charge in [0.1, 0.15) is 0 Å². The maximum absolute atomic E-state index is 12.0. The number of rotatable bonds is 2. The molecule has 2 rings (SSSR count). The van der Waals surface area contributed by atoms with Crippen molar-refractivity contribution in [3.05, 3.63) is 11.8 Å². The predicted octanol–water partition coefficient (Wildman–Crippen LogP) is 2.07. The quantitative estimate of drug-likeness (QED) is 0.845. The van der Waals surface area contributed by atoms with E-state index in [-0.39, 0.29) is 17.2 Å². The third kappa shape index (κ3) is 3.10. The second-order valence-corrected chi connectivity index (χ2v) is 5.82. The summed E-state index contributed by atoms with van der Waals surface area (Å²) >= 11 is 0. The van der Waals surface area contributed by atoms with E-state index in [2.05, 4.69) is 36.3 Å². The summed E-state index contributed by atoms with van der Waals surface area (Å²) in [7, 11) is 0. The molecule has 1 amide bonds. The highest BCUT2D eigenvalue weighted by atomic mass is 16.5. The summed E-state index contributed by atoms with van der Waals surface area (Å²) in [6, 6.07) is 1.89. The molecule has 0 bridgehead atoms. The lowest BCUT2D eigenvalue weighted by Gasteiger charge is -2.20. The molecule has 1 aliphatic rings. The first-order chi connectivity index (χ1) is 8.47. The van der Waals surface area contributed by atoms with Crippen LogP contribution in [0.25, 0.3) is 0 Å². The Morgan fingerprint density at radius 1 is 1.56 bits per heavy atom. The third-order valence-electron chi connectivity index (χ3n) is 3.17. The van der Waals surface area contributed by atoms with E-state index in [1.807, 2.05) is 6.07 Å². The van der Waals surface area contributed by atoms with E-state index in [1.165, 1.54) is 0 Å². The van der Waals surface area contributed by atoms with Gasteiger partial charge in [-0.15, -0.1) is 0 Å². The zero-order valence-corrected chi connectivity index (χ0v) is 11.2. The fourth-order valence-corrected chi connectivity index (χ4v) is 1.95. The van der Waals surface area contributed by atoms with Crippen LogP contribution in [0.2, 0.25) is 0 Å². The van der Waals surface area contributed by atoms with Crippen molar-refractivity contribution in [1.82, 2.24) is 10.2 Å². The maximum Gasteiger partial charge on any atom is 0.231 e. The van der Waals surface area contributed by atoms with Crippen LogP contribution in [0.1, 0.15) is 39.3 Å². The molecule has 1 atom stereocenters. The highest BCUT2D eigenvalue weighted by molar-refractivity contribution is 5.91. The van der Waals surface area contributed by atoms with Gasteiger partial charge in [-0.3, -0.25) is 9.89 Å². The highest BCUT2D eigenvalue weighted by Gasteiger charge is 2.23. The summed E-state index contributed by atoms with van der Waals surface area (Å²) in [5, 5.41) is 9.92. The standard InChI is InChI=1S/C13H21N3O2/c1-13(2,3)10-7-11(16-15-10)14-12(17)9-5-4-6-18-8-9/h7,9H,4-6,8H2,1-3H3,(H2,14,15,16,17). The number of aromatic amines is 1. The van der Waals surface area contributed by atoms with Crippen molar-refractivity contribution in [1.29, 1.82) is 0 Å². The predicted molar refractivity (Wildman–Crippen MR) is 69.5 cm³/mol. The number of ether oxygens (including phenoxy) is 1. The van der Waals surface area contributed by atoms with Crippen LogP contribution in [-0.4, -0.2) is 29.3 Å². The number of carbonyl (C=O) groups excluding carboxylic acids is 1. The summed E-state index contributed by atoms with van der Waals surface area (Å²) < 4.78 is 5.31. The maximum atomic E-state index is 12.0.